The molecule has 232 valence electrons. The summed E-state index contributed by atoms with van der Waals surface area (Å²) in [5.74, 6) is 2.62. The number of ether oxygens (including phenoxy) is 2. The van der Waals surface area contributed by atoms with Gasteiger partial charge in [0.05, 0.1) is 18.8 Å². The molecule has 2 aliphatic heterocycles. The smallest absolute Gasteiger partial charge is 0.315 e. The van der Waals surface area contributed by atoms with E-state index in [2.05, 4.69) is 58.9 Å². The van der Waals surface area contributed by atoms with E-state index in [0.717, 1.165) is 78.9 Å². The molecule has 2 heterocycles. The molecule has 7 nitrogen and oxygen atoms in total. The van der Waals surface area contributed by atoms with Gasteiger partial charge in [0.15, 0.2) is 6.29 Å². The number of urea groups is 1. The van der Waals surface area contributed by atoms with Crippen molar-refractivity contribution in [1.29, 1.82) is 0 Å². The fourth-order valence-electron chi connectivity index (χ4n) is 9.25. The predicted molar refractivity (Wildman–Crippen MR) is 166 cm³/mol. The van der Waals surface area contributed by atoms with Crippen LogP contribution in [-0.4, -0.2) is 47.3 Å². The fourth-order valence-corrected chi connectivity index (χ4v) is 9.25. The van der Waals surface area contributed by atoms with Gasteiger partial charge in [-0.15, -0.1) is 0 Å². The Balaban J connectivity index is 0.999. The van der Waals surface area contributed by atoms with Gasteiger partial charge < -0.3 is 30.1 Å². The molecule has 4 saturated carbocycles. The second kappa shape index (κ2) is 12.5. The van der Waals surface area contributed by atoms with Crippen LogP contribution in [0.3, 0.4) is 0 Å². The van der Waals surface area contributed by atoms with Gasteiger partial charge in [-0.3, -0.25) is 0 Å². The number of carbonyl (C=O) groups is 1. The van der Waals surface area contributed by atoms with Crippen molar-refractivity contribution in [2.75, 3.05) is 19.6 Å². The molecule has 0 spiro atoms. The van der Waals surface area contributed by atoms with Crippen LogP contribution in [0.15, 0.2) is 48.5 Å². The van der Waals surface area contributed by atoms with Crippen molar-refractivity contribution >= 4 is 6.03 Å². The molecule has 3 N–H and O–H groups in total. The summed E-state index contributed by atoms with van der Waals surface area (Å²) in [5, 5.41) is 16.1. The first-order valence-electron chi connectivity index (χ1n) is 16.8. The molecule has 2 aromatic carbocycles. The van der Waals surface area contributed by atoms with Crippen LogP contribution in [0.1, 0.15) is 99.4 Å². The first-order chi connectivity index (χ1) is 20.9. The van der Waals surface area contributed by atoms with Crippen molar-refractivity contribution in [3.05, 3.63) is 70.8 Å². The third kappa shape index (κ3) is 6.51. The Bertz CT molecular complexity index is 1210. The van der Waals surface area contributed by atoms with E-state index in [-0.39, 0.29) is 36.3 Å². The number of nitrogens with one attached hydrogen (secondary N) is 2. The fraction of sp³-hybridized carbons (Fsp3) is 0.639. The van der Waals surface area contributed by atoms with Crippen LogP contribution in [-0.2, 0) is 22.6 Å². The van der Waals surface area contributed by atoms with Gasteiger partial charge in [-0.1, -0.05) is 61.9 Å². The number of aliphatic hydroxyl groups is 1. The normalized spacial score (nSPS) is 35.5. The molecule has 6 aliphatic rings. The van der Waals surface area contributed by atoms with Gasteiger partial charge in [-0.2, -0.15) is 0 Å². The number of hydrogen-bond acceptors (Lipinski definition) is 5. The molecule has 4 aliphatic carbocycles. The zero-order valence-electron chi connectivity index (χ0n) is 25.7. The largest absolute Gasteiger partial charge is 0.392 e. The van der Waals surface area contributed by atoms with Gasteiger partial charge >= 0.3 is 6.03 Å². The predicted octanol–water partition coefficient (Wildman–Crippen LogP) is 6.22. The molecule has 6 fully saturated rings. The minimum Gasteiger partial charge on any atom is -0.392 e. The molecule has 2 aromatic rings. The van der Waals surface area contributed by atoms with E-state index in [1.807, 2.05) is 12.1 Å². The van der Waals surface area contributed by atoms with Crippen LogP contribution in [0, 0.1) is 23.7 Å². The average molecular weight is 588 g/mol. The van der Waals surface area contributed by atoms with Crippen LogP contribution in [0.4, 0.5) is 4.79 Å². The molecule has 0 unspecified atom stereocenters. The molecule has 4 atom stereocenters. The number of aliphatic hydroxyl groups excluding tert-OH is 1. The molecule has 7 heteroatoms. The molecule has 43 heavy (non-hydrogen) atoms. The van der Waals surface area contributed by atoms with Gasteiger partial charge in [0.25, 0.3) is 0 Å². The Hall–Kier alpha value is -2.45. The first-order valence-corrected chi connectivity index (χ1v) is 16.8. The molecule has 4 bridgehead atoms. The number of benzene rings is 2. The second-order valence-electron chi connectivity index (χ2n) is 14.4. The summed E-state index contributed by atoms with van der Waals surface area (Å²) in [6, 6.07) is 16.4. The van der Waals surface area contributed by atoms with Crippen molar-refractivity contribution in [3.63, 3.8) is 0 Å². The maximum absolute atomic E-state index is 13.0. The molecule has 2 saturated heterocycles. The van der Waals surface area contributed by atoms with Crippen LogP contribution in [0.2, 0.25) is 0 Å². The summed E-state index contributed by atoms with van der Waals surface area (Å²) in [6.07, 6.45) is 10.9. The van der Waals surface area contributed by atoms with Gasteiger partial charge in [0.1, 0.15) is 0 Å². The second-order valence-corrected chi connectivity index (χ2v) is 14.4. The standard InChI is InChI=1S/C36H49N3O4/c1-24-32(22-39-13-3-2-4-14-39)42-34(43-33(24)30-9-7-26(23-40)8-10-30)31-11-5-25(6-12-31)21-37-35(41)38-36-18-27-15-28(19-36)17-29(16-27)20-36/h5-12,24,27-29,32-34,40H,2-4,13-23H2,1H3,(H2,37,38,41)/t24-,27?,28?,29?,32+,33+,34+,36?/m0/s1. The highest BCUT2D eigenvalue weighted by Gasteiger charge is 2.51. The van der Waals surface area contributed by atoms with Crippen LogP contribution < -0.4 is 10.6 Å². The minimum absolute atomic E-state index is 0.0230. The number of hydrogen-bond donors (Lipinski definition) is 3. The Labute approximate surface area is 256 Å². The highest BCUT2D eigenvalue weighted by molar-refractivity contribution is 5.75. The number of carbonyl (C=O) groups excluding carboxylic acids is 1. The lowest BCUT2D eigenvalue weighted by Gasteiger charge is -2.56. The number of nitrogens with zero attached hydrogens (tertiary/aromatic N) is 1. The first kappa shape index (κ1) is 29.3. The van der Waals surface area contributed by atoms with Gasteiger partial charge in [0, 0.05) is 30.1 Å². The van der Waals surface area contributed by atoms with Crippen molar-refractivity contribution in [3.8, 4) is 0 Å². The lowest BCUT2D eigenvalue weighted by molar-refractivity contribution is -0.276. The zero-order chi connectivity index (χ0) is 29.4. The van der Waals surface area contributed by atoms with Crippen LogP contribution in [0.25, 0.3) is 0 Å². The Morgan fingerprint density at radius 3 is 2.09 bits per heavy atom. The summed E-state index contributed by atoms with van der Waals surface area (Å²) in [7, 11) is 0. The summed E-state index contributed by atoms with van der Waals surface area (Å²) < 4.78 is 13.3. The molecule has 0 radical (unpaired) electrons. The monoisotopic (exact) mass is 587 g/mol. The SMILES string of the molecule is C[C@H]1[C@@H](CN2CCCCC2)O[C@@H](c2ccc(CNC(=O)NC34CC5CC(CC(C5)C3)C4)cc2)O[C@H]1c1ccc(CO)cc1. The van der Waals surface area contributed by atoms with Gasteiger partial charge in [-0.05, 0) is 98.9 Å². The van der Waals surface area contributed by atoms with E-state index in [4.69, 9.17) is 9.47 Å². The summed E-state index contributed by atoms with van der Waals surface area (Å²) >= 11 is 0. The van der Waals surface area contributed by atoms with Crippen LogP contribution >= 0.6 is 0 Å². The molecule has 8 rings (SSSR count). The van der Waals surface area contributed by atoms with E-state index < -0.39 is 6.29 Å². The Morgan fingerprint density at radius 2 is 1.47 bits per heavy atom. The summed E-state index contributed by atoms with van der Waals surface area (Å²) in [5.41, 5.74) is 4.10. The van der Waals surface area contributed by atoms with E-state index in [1.165, 1.54) is 38.5 Å². The van der Waals surface area contributed by atoms with E-state index in [9.17, 15) is 9.90 Å². The highest BCUT2D eigenvalue weighted by Crippen LogP contribution is 2.55. The quantitative estimate of drug-likeness (QED) is 0.341. The minimum atomic E-state index is -0.463. The van der Waals surface area contributed by atoms with Gasteiger partial charge in [0.2, 0.25) is 0 Å². The summed E-state index contributed by atoms with van der Waals surface area (Å²) in [4.78, 5) is 15.5. The van der Waals surface area contributed by atoms with Crippen LogP contribution in [0.5, 0.6) is 0 Å². The topological polar surface area (TPSA) is 83.1 Å². The molecular formula is C36H49N3O4. The highest BCUT2D eigenvalue weighted by atomic mass is 16.7. The maximum atomic E-state index is 13.0. The van der Waals surface area contributed by atoms with Gasteiger partial charge in [-0.25, -0.2) is 4.79 Å². The third-order valence-corrected chi connectivity index (χ3v) is 11.1. The van der Waals surface area contributed by atoms with E-state index in [1.54, 1.807) is 0 Å². The number of likely N-dealkylation sites (tertiary alicyclic amines) is 1. The number of rotatable bonds is 8. The van der Waals surface area contributed by atoms with Crippen molar-refractivity contribution in [1.82, 2.24) is 15.5 Å². The Morgan fingerprint density at radius 1 is 0.860 bits per heavy atom. The molecule has 2 amide bonds. The third-order valence-electron chi connectivity index (χ3n) is 11.1. The van der Waals surface area contributed by atoms with E-state index >= 15 is 0 Å². The molecular weight excluding hydrogens is 538 g/mol. The maximum Gasteiger partial charge on any atom is 0.315 e. The number of amides is 2. The van der Waals surface area contributed by atoms with Crippen molar-refractivity contribution in [2.24, 2.45) is 23.7 Å². The molecule has 0 aromatic heterocycles. The number of piperidine rings is 1. The zero-order valence-corrected chi connectivity index (χ0v) is 25.7. The lowest BCUT2D eigenvalue weighted by Crippen LogP contribution is -2.61. The van der Waals surface area contributed by atoms with E-state index in [0.29, 0.717) is 6.54 Å². The lowest BCUT2D eigenvalue weighted by atomic mass is 9.53. The summed E-state index contributed by atoms with van der Waals surface area (Å²) in [6.45, 7) is 5.94. The van der Waals surface area contributed by atoms with Crippen molar-refractivity contribution in [2.45, 2.75) is 102 Å². The average Bonchev–Trinajstić information content (AvgIpc) is 3.01. The Kier molecular flexibility index (Phi) is 8.51. The van der Waals surface area contributed by atoms with Crippen molar-refractivity contribution < 1.29 is 19.4 Å².